The number of rotatable bonds is 7. The van der Waals surface area contributed by atoms with Crippen LogP contribution in [0.5, 0.6) is 0 Å². The maximum Gasteiger partial charge on any atom is 0.534 e. The van der Waals surface area contributed by atoms with Crippen LogP contribution < -0.4 is 0 Å². The molecular formula is C18H24F3NO5S. The first-order valence-corrected chi connectivity index (χ1v) is 9.91. The normalized spacial score (nSPS) is 19.0. The van der Waals surface area contributed by atoms with E-state index >= 15 is 0 Å². The highest BCUT2D eigenvalue weighted by Crippen LogP contribution is 2.30. The molecule has 0 bridgehead atoms. The van der Waals surface area contributed by atoms with Crippen LogP contribution in [0.1, 0.15) is 34.1 Å². The fraction of sp³-hybridized carbons (Fsp3) is 0.500. The first-order valence-electron chi connectivity index (χ1n) is 8.50. The molecule has 0 fully saturated rings. The number of ether oxygens (including phenoxy) is 1. The van der Waals surface area contributed by atoms with E-state index in [0.29, 0.717) is 6.42 Å². The quantitative estimate of drug-likeness (QED) is 0.344. The van der Waals surface area contributed by atoms with Crippen LogP contribution in [0.4, 0.5) is 18.0 Å². The summed E-state index contributed by atoms with van der Waals surface area (Å²) in [5, 5.41) is 0. The smallest absolute Gasteiger partial charge is 0.443 e. The van der Waals surface area contributed by atoms with Gasteiger partial charge in [-0.05, 0) is 33.3 Å². The van der Waals surface area contributed by atoms with E-state index in [4.69, 9.17) is 4.74 Å². The average Bonchev–Trinajstić information content (AvgIpc) is 2.95. The van der Waals surface area contributed by atoms with Gasteiger partial charge in [-0.15, -0.1) is 0 Å². The van der Waals surface area contributed by atoms with Gasteiger partial charge < -0.3 is 8.92 Å². The van der Waals surface area contributed by atoms with Crippen LogP contribution in [0, 0.1) is 0 Å². The molecule has 1 aliphatic rings. The molecule has 1 aliphatic heterocycles. The van der Waals surface area contributed by atoms with Crippen molar-refractivity contribution in [2.75, 3.05) is 6.54 Å². The van der Waals surface area contributed by atoms with Crippen LogP contribution in [0.2, 0.25) is 0 Å². The van der Waals surface area contributed by atoms with E-state index in [-0.39, 0.29) is 0 Å². The highest BCUT2D eigenvalue weighted by atomic mass is 32.2. The largest absolute Gasteiger partial charge is 0.534 e. The number of nitrogens with zero attached hydrogens (tertiary/aromatic N) is 1. The number of amides is 1. The molecular weight excluding hydrogens is 399 g/mol. The number of allylic oxidation sites excluding steroid dienone is 5. The number of carbonyl (C=O) groups excluding carboxylic acids is 1. The first-order chi connectivity index (χ1) is 12.8. The Bertz CT molecular complexity index is 780. The molecule has 0 aromatic carbocycles. The van der Waals surface area contributed by atoms with Crippen LogP contribution in [0.3, 0.4) is 0 Å². The Hall–Kier alpha value is -2.23. The molecule has 0 saturated carbocycles. The summed E-state index contributed by atoms with van der Waals surface area (Å²) in [6, 6.07) is -0.825. The first kappa shape index (κ1) is 23.8. The van der Waals surface area contributed by atoms with Gasteiger partial charge in [0.05, 0.1) is 12.6 Å². The Balaban J connectivity index is 3.06. The Morgan fingerprint density at radius 3 is 2.39 bits per heavy atom. The van der Waals surface area contributed by atoms with Gasteiger partial charge in [0, 0.05) is 0 Å². The Kier molecular flexibility index (Phi) is 7.92. The molecule has 10 heteroatoms. The van der Waals surface area contributed by atoms with Crippen molar-refractivity contribution >= 4 is 16.2 Å². The third-order valence-electron chi connectivity index (χ3n) is 3.83. The summed E-state index contributed by atoms with van der Waals surface area (Å²) in [5.41, 5.74) is -6.36. The van der Waals surface area contributed by atoms with Crippen LogP contribution in [0.15, 0.2) is 48.3 Å². The standard InChI is InChI=1S/C18H24F3NO5S/c1-5-7-8-9-10-11-14-12-15(27-28(24,25)18(19,20)21)13-22(14)16(23)26-17(3,4)6-2/h5,7-12,14H,6,13H2,1-4H3/b7-5-,9-8-,11-10+/t14-/m1/s1. The lowest BCUT2D eigenvalue weighted by Gasteiger charge is -2.29. The van der Waals surface area contributed by atoms with E-state index in [1.165, 1.54) is 6.08 Å². The number of alkyl halides is 3. The zero-order valence-corrected chi connectivity index (χ0v) is 16.9. The summed E-state index contributed by atoms with van der Waals surface area (Å²) in [6.07, 6.45) is 10.9. The van der Waals surface area contributed by atoms with E-state index < -0.39 is 45.7 Å². The van der Waals surface area contributed by atoms with Crippen molar-refractivity contribution in [3.63, 3.8) is 0 Å². The summed E-state index contributed by atoms with van der Waals surface area (Å²) < 4.78 is 69.7. The Labute approximate surface area is 163 Å². The summed E-state index contributed by atoms with van der Waals surface area (Å²) in [4.78, 5) is 13.5. The lowest BCUT2D eigenvalue weighted by Crippen LogP contribution is -2.40. The van der Waals surface area contributed by atoms with Crippen LogP contribution in [0.25, 0.3) is 0 Å². The molecule has 1 rings (SSSR count). The molecule has 0 saturated heterocycles. The second-order valence-corrected chi connectivity index (χ2v) is 8.05. The zero-order chi connectivity index (χ0) is 21.6. The van der Waals surface area contributed by atoms with Gasteiger partial charge in [0.2, 0.25) is 0 Å². The summed E-state index contributed by atoms with van der Waals surface area (Å²) in [7, 11) is -5.82. The maximum atomic E-state index is 12.6. The van der Waals surface area contributed by atoms with Gasteiger partial charge in [-0.3, -0.25) is 4.90 Å². The molecule has 0 aliphatic carbocycles. The maximum absolute atomic E-state index is 12.6. The van der Waals surface area contributed by atoms with Crippen molar-refractivity contribution in [2.45, 2.75) is 51.3 Å². The molecule has 0 spiro atoms. The van der Waals surface area contributed by atoms with Crippen molar-refractivity contribution in [2.24, 2.45) is 0 Å². The van der Waals surface area contributed by atoms with Gasteiger partial charge in [0.15, 0.2) is 0 Å². The van der Waals surface area contributed by atoms with Crippen molar-refractivity contribution in [1.29, 1.82) is 0 Å². The monoisotopic (exact) mass is 423 g/mol. The summed E-state index contributed by atoms with van der Waals surface area (Å²) in [5.74, 6) is -0.504. The molecule has 0 N–H and O–H groups in total. The topological polar surface area (TPSA) is 72.9 Å². The van der Waals surface area contributed by atoms with E-state index in [0.717, 1.165) is 11.0 Å². The van der Waals surface area contributed by atoms with Crippen molar-refractivity contribution in [3.05, 3.63) is 48.3 Å². The fourth-order valence-electron chi connectivity index (χ4n) is 1.98. The molecule has 0 unspecified atom stereocenters. The predicted molar refractivity (Wildman–Crippen MR) is 98.6 cm³/mol. The molecule has 0 radical (unpaired) electrons. The molecule has 158 valence electrons. The average molecular weight is 423 g/mol. The minimum Gasteiger partial charge on any atom is -0.443 e. The Morgan fingerprint density at radius 2 is 1.86 bits per heavy atom. The fourth-order valence-corrected chi connectivity index (χ4v) is 2.46. The van der Waals surface area contributed by atoms with Crippen molar-refractivity contribution < 1.29 is 35.3 Å². The predicted octanol–water partition coefficient (Wildman–Crippen LogP) is 4.43. The van der Waals surface area contributed by atoms with Gasteiger partial charge in [-0.2, -0.15) is 21.6 Å². The lowest BCUT2D eigenvalue weighted by molar-refractivity contribution is -0.0523. The highest BCUT2D eigenvalue weighted by Gasteiger charge is 2.49. The second kappa shape index (κ2) is 9.31. The van der Waals surface area contributed by atoms with E-state index in [9.17, 15) is 26.4 Å². The number of halogens is 3. The molecule has 0 aromatic rings. The van der Waals surface area contributed by atoms with Gasteiger partial charge >= 0.3 is 21.7 Å². The van der Waals surface area contributed by atoms with E-state index in [2.05, 4.69) is 4.18 Å². The highest BCUT2D eigenvalue weighted by molar-refractivity contribution is 7.87. The van der Waals surface area contributed by atoms with Crippen molar-refractivity contribution in [3.8, 4) is 0 Å². The third kappa shape index (κ3) is 6.74. The van der Waals surface area contributed by atoms with Crippen LogP contribution in [-0.4, -0.2) is 43.1 Å². The van der Waals surface area contributed by atoms with E-state index in [1.54, 1.807) is 44.2 Å². The zero-order valence-electron chi connectivity index (χ0n) is 16.1. The van der Waals surface area contributed by atoms with Gasteiger partial charge in [0.25, 0.3) is 0 Å². The molecule has 1 heterocycles. The molecule has 0 aromatic heterocycles. The van der Waals surface area contributed by atoms with Crippen molar-refractivity contribution in [1.82, 2.24) is 4.90 Å². The number of hydrogen-bond acceptors (Lipinski definition) is 5. The summed E-state index contributed by atoms with van der Waals surface area (Å²) >= 11 is 0. The summed E-state index contributed by atoms with van der Waals surface area (Å²) in [6.45, 7) is 6.53. The minimum absolute atomic E-state index is 0.471. The molecule has 1 atom stereocenters. The van der Waals surface area contributed by atoms with Gasteiger partial charge in [-0.1, -0.05) is 43.4 Å². The van der Waals surface area contributed by atoms with Crippen LogP contribution in [-0.2, 0) is 19.0 Å². The Morgan fingerprint density at radius 1 is 1.25 bits per heavy atom. The molecule has 28 heavy (non-hydrogen) atoms. The van der Waals surface area contributed by atoms with E-state index in [1.807, 2.05) is 13.8 Å². The number of carbonyl (C=O) groups is 1. The minimum atomic E-state index is -5.82. The molecule has 1 amide bonds. The van der Waals surface area contributed by atoms with Gasteiger partial charge in [0.1, 0.15) is 11.4 Å². The SMILES string of the molecule is C\C=C/C=C\C=C\[C@@H]1C=C(OS(=O)(=O)C(F)(F)F)CN1C(=O)OC(C)(C)CC. The second-order valence-electron chi connectivity index (χ2n) is 6.51. The third-order valence-corrected chi connectivity index (χ3v) is 4.83. The van der Waals surface area contributed by atoms with Gasteiger partial charge in [-0.25, -0.2) is 4.79 Å². The number of hydrogen-bond donors (Lipinski definition) is 0. The molecule has 6 nitrogen and oxygen atoms in total. The van der Waals surface area contributed by atoms with Crippen LogP contribution >= 0.6 is 0 Å². The lowest BCUT2D eigenvalue weighted by atomic mass is 10.1.